The number of halogens is 3. The predicted octanol–water partition coefficient (Wildman–Crippen LogP) is 1.60. The summed E-state index contributed by atoms with van der Waals surface area (Å²) in [5.74, 6) is -1.80. The van der Waals surface area contributed by atoms with Crippen LogP contribution in [0.1, 0.15) is 12.8 Å². The number of hydrogen-bond donors (Lipinski definition) is 1. The highest BCUT2D eigenvalue weighted by Gasteiger charge is 2.31. The molecule has 20 heavy (non-hydrogen) atoms. The molecule has 0 unspecified atom stereocenters. The second-order valence-electron chi connectivity index (χ2n) is 3.74. The van der Waals surface area contributed by atoms with Gasteiger partial charge in [-0.15, -0.1) is 5.10 Å². The van der Waals surface area contributed by atoms with E-state index in [1.54, 1.807) is 0 Å². The van der Waals surface area contributed by atoms with E-state index in [2.05, 4.69) is 9.84 Å². The third-order valence-electron chi connectivity index (χ3n) is 2.06. The van der Waals surface area contributed by atoms with Gasteiger partial charge in [-0.1, -0.05) is 0 Å². The SMILES string of the molecule is O=C(O)CCCn1cc([N+](=O)[O-])c(OCC(F)(F)F)n1. The van der Waals surface area contributed by atoms with E-state index >= 15 is 0 Å². The Morgan fingerprint density at radius 2 is 2.20 bits per heavy atom. The zero-order chi connectivity index (χ0) is 15.3. The number of ether oxygens (including phenoxy) is 1. The molecule has 1 rings (SSSR count). The van der Waals surface area contributed by atoms with Crippen molar-refractivity contribution in [1.29, 1.82) is 0 Å². The molecule has 0 fully saturated rings. The van der Waals surface area contributed by atoms with Gasteiger partial charge >= 0.3 is 23.7 Å². The maximum absolute atomic E-state index is 12.0. The maximum Gasteiger partial charge on any atom is 0.422 e. The van der Waals surface area contributed by atoms with Crippen LogP contribution in [0, 0.1) is 10.1 Å². The number of alkyl halides is 3. The second-order valence-corrected chi connectivity index (χ2v) is 3.74. The van der Waals surface area contributed by atoms with Crippen molar-refractivity contribution in [3.05, 3.63) is 16.3 Å². The quantitative estimate of drug-likeness (QED) is 0.605. The van der Waals surface area contributed by atoms with E-state index in [0.717, 1.165) is 10.9 Å². The molecule has 11 heteroatoms. The lowest BCUT2D eigenvalue weighted by molar-refractivity contribution is -0.386. The van der Waals surface area contributed by atoms with Gasteiger partial charge in [0.05, 0.1) is 4.92 Å². The summed E-state index contributed by atoms with van der Waals surface area (Å²) in [6, 6.07) is 0. The summed E-state index contributed by atoms with van der Waals surface area (Å²) in [5.41, 5.74) is -0.704. The Morgan fingerprint density at radius 3 is 2.70 bits per heavy atom. The fourth-order valence-electron chi connectivity index (χ4n) is 1.28. The number of aryl methyl sites for hydroxylation is 1. The summed E-state index contributed by atoms with van der Waals surface area (Å²) >= 11 is 0. The molecular weight excluding hydrogens is 287 g/mol. The lowest BCUT2D eigenvalue weighted by Crippen LogP contribution is -2.19. The Morgan fingerprint density at radius 1 is 1.55 bits per heavy atom. The van der Waals surface area contributed by atoms with E-state index in [1.165, 1.54) is 0 Å². The number of nitrogens with zero attached hydrogens (tertiary/aromatic N) is 3. The van der Waals surface area contributed by atoms with E-state index in [9.17, 15) is 28.1 Å². The standard InChI is InChI=1S/C9H10F3N3O5/c10-9(11,12)5-20-8-6(15(18)19)4-14(13-8)3-1-2-7(16)17/h4H,1-3,5H2,(H,16,17). The summed E-state index contributed by atoms with van der Waals surface area (Å²) in [7, 11) is 0. The summed E-state index contributed by atoms with van der Waals surface area (Å²) in [6.45, 7) is -1.68. The van der Waals surface area contributed by atoms with Crippen LogP contribution in [-0.4, -0.2) is 38.6 Å². The first kappa shape index (κ1) is 15.7. The van der Waals surface area contributed by atoms with Crippen LogP contribution < -0.4 is 4.74 Å². The lowest BCUT2D eigenvalue weighted by atomic mass is 10.3. The Balaban J connectivity index is 2.74. The Bertz CT molecular complexity index is 500. The van der Waals surface area contributed by atoms with Crippen LogP contribution in [0.4, 0.5) is 18.9 Å². The van der Waals surface area contributed by atoms with Crippen molar-refractivity contribution in [2.45, 2.75) is 25.6 Å². The molecule has 0 aromatic carbocycles. The Hall–Kier alpha value is -2.33. The van der Waals surface area contributed by atoms with Gasteiger partial charge in [0.1, 0.15) is 6.20 Å². The molecule has 0 saturated carbocycles. The largest absolute Gasteiger partial charge is 0.481 e. The molecule has 1 N–H and O–H groups in total. The average molecular weight is 297 g/mol. The summed E-state index contributed by atoms with van der Waals surface area (Å²) in [5, 5.41) is 22.6. The first-order chi connectivity index (χ1) is 9.19. The number of rotatable bonds is 7. The Labute approximate surface area is 109 Å². The number of aromatic nitrogens is 2. The summed E-state index contributed by atoms with van der Waals surface area (Å²) < 4.78 is 41.2. The number of hydrogen-bond acceptors (Lipinski definition) is 5. The van der Waals surface area contributed by atoms with Gasteiger partial charge in [0.25, 0.3) is 0 Å². The Kier molecular flexibility index (Phi) is 4.88. The molecule has 0 atom stereocenters. The van der Waals surface area contributed by atoms with E-state index in [1.807, 2.05) is 0 Å². The number of nitro groups is 1. The second kappa shape index (κ2) is 6.21. The highest BCUT2D eigenvalue weighted by Crippen LogP contribution is 2.26. The topological polar surface area (TPSA) is 107 Å². The fourth-order valence-corrected chi connectivity index (χ4v) is 1.28. The van der Waals surface area contributed by atoms with E-state index < -0.39 is 35.2 Å². The van der Waals surface area contributed by atoms with Gasteiger partial charge in [-0.05, 0) is 6.42 Å². The van der Waals surface area contributed by atoms with Crippen molar-refractivity contribution in [3.8, 4) is 5.88 Å². The molecule has 8 nitrogen and oxygen atoms in total. The molecular formula is C9H10F3N3O5. The van der Waals surface area contributed by atoms with E-state index in [-0.39, 0.29) is 19.4 Å². The minimum atomic E-state index is -4.64. The van der Waals surface area contributed by atoms with Crippen LogP contribution >= 0.6 is 0 Å². The molecule has 0 amide bonds. The smallest absolute Gasteiger partial charge is 0.422 e. The third kappa shape index (κ3) is 5.12. The van der Waals surface area contributed by atoms with Gasteiger partial charge < -0.3 is 9.84 Å². The minimum Gasteiger partial charge on any atom is -0.481 e. The predicted molar refractivity (Wildman–Crippen MR) is 57.3 cm³/mol. The fraction of sp³-hybridized carbons (Fsp3) is 0.556. The van der Waals surface area contributed by atoms with Crippen molar-refractivity contribution in [2.24, 2.45) is 0 Å². The highest BCUT2D eigenvalue weighted by atomic mass is 19.4. The van der Waals surface area contributed by atoms with Crippen LogP contribution in [0.3, 0.4) is 0 Å². The minimum absolute atomic E-state index is 0.0164. The summed E-state index contributed by atoms with van der Waals surface area (Å²) in [4.78, 5) is 20.0. The third-order valence-corrected chi connectivity index (χ3v) is 2.06. The molecule has 0 aliphatic heterocycles. The number of aliphatic carboxylic acids is 1. The van der Waals surface area contributed by atoms with Gasteiger partial charge in [0.15, 0.2) is 6.61 Å². The monoisotopic (exact) mass is 297 g/mol. The van der Waals surface area contributed by atoms with Gasteiger partial charge in [-0.3, -0.25) is 19.6 Å². The molecule has 0 spiro atoms. The van der Waals surface area contributed by atoms with Crippen molar-refractivity contribution in [1.82, 2.24) is 9.78 Å². The van der Waals surface area contributed by atoms with Crippen molar-refractivity contribution in [3.63, 3.8) is 0 Å². The van der Waals surface area contributed by atoms with Crippen molar-refractivity contribution in [2.75, 3.05) is 6.61 Å². The van der Waals surface area contributed by atoms with Gasteiger partial charge in [-0.25, -0.2) is 0 Å². The van der Waals surface area contributed by atoms with Gasteiger partial charge in [-0.2, -0.15) is 13.2 Å². The molecule has 112 valence electrons. The zero-order valence-electron chi connectivity index (χ0n) is 9.96. The molecule has 0 aliphatic carbocycles. The molecule has 0 saturated heterocycles. The van der Waals surface area contributed by atoms with E-state index in [0.29, 0.717) is 0 Å². The van der Waals surface area contributed by atoms with Crippen LogP contribution in [0.25, 0.3) is 0 Å². The maximum atomic E-state index is 12.0. The van der Waals surface area contributed by atoms with Crippen molar-refractivity contribution >= 4 is 11.7 Å². The van der Waals surface area contributed by atoms with Gasteiger partial charge in [0, 0.05) is 13.0 Å². The van der Waals surface area contributed by atoms with Crippen molar-refractivity contribution < 1.29 is 32.7 Å². The van der Waals surface area contributed by atoms with Crippen LogP contribution in [-0.2, 0) is 11.3 Å². The summed E-state index contributed by atoms with van der Waals surface area (Å²) in [6.07, 6.45) is -3.80. The first-order valence-electron chi connectivity index (χ1n) is 5.32. The molecule has 0 aliphatic rings. The van der Waals surface area contributed by atoms with Crippen LogP contribution in [0.15, 0.2) is 6.20 Å². The zero-order valence-corrected chi connectivity index (χ0v) is 9.96. The average Bonchev–Trinajstić information content (AvgIpc) is 2.68. The normalized spacial score (nSPS) is 11.3. The van der Waals surface area contributed by atoms with Crippen LogP contribution in [0.5, 0.6) is 5.88 Å². The lowest BCUT2D eigenvalue weighted by Gasteiger charge is -2.05. The number of carbonyl (C=O) groups is 1. The van der Waals surface area contributed by atoms with Crippen LogP contribution in [0.2, 0.25) is 0 Å². The molecule has 1 aromatic heterocycles. The molecule has 1 heterocycles. The number of carboxylic acid groups (broad SMARTS) is 1. The molecule has 0 bridgehead atoms. The molecule has 0 radical (unpaired) electrons. The van der Waals surface area contributed by atoms with E-state index in [4.69, 9.17) is 5.11 Å². The highest BCUT2D eigenvalue weighted by molar-refractivity contribution is 5.66. The van der Waals surface area contributed by atoms with Gasteiger partial charge in [0.2, 0.25) is 0 Å². The first-order valence-corrected chi connectivity index (χ1v) is 5.32. The molecule has 1 aromatic rings. The number of carboxylic acids is 1.